The Morgan fingerprint density at radius 1 is 1.50 bits per heavy atom. The molecule has 20 heavy (non-hydrogen) atoms. The number of methoxy groups -OCH3 is 1. The van der Waals surface area contributed by atoms with Gasteiger partial charge in [-0.05, 0) is 31.5 Å². The molecule has 0 aliphatic rings. The van der Waals surface area contributed by atoms with Gasteiger partial charge in [0.15, 0.2) is 0 Å². The van der Waals surface area contributed by atoms with Gasteiger partial charge in [-0.3, -0.25) is 0 Å². The number of hydrogen-bond donors (Lipinski definition) is 2. The Balaban J connectivity index is 3.10. The molecule has 0 radical (unpaired) electrons. The van der Waals surface area contributed by atoms with Crippen LogP contribution in [0.1, 0.15) is 23.7 Å². The van der Waals surface area contributed by atoms with E-state index in [4.69, 9.17) is 5.11 Å². The minimum absolute atomic E-state index is 0.0306. The van der Waals surface area contributed by atoms with E-state index in [-0.39, 0.29) is 18.5 Å². The molecule has 0 spiro atoms. The van der Waals surface area contributed by atoms with Gasteiger partial charge in [-0.2, -0.15) is 0 Å². The predicted molar refractivity (Wildman–Crippen MR) is 69.2 cm³/mol. The normalized spacial score (nSPS) is 13.0. The van der Waals surface area contributed by atoms with Crippen molar-refractivity contribution in [3.63, 3.8) is 0 Å². The van der Waals surface area contributed by atoms with Gasteiger partial charge in [0.25, 0.3) is 0 Å². The second-order valence-corrected chi connectivity index (χ2v) is 5.90. The number of hydrogen-bond acceptors (Lipinski definition) is 5. The van der Waals surface area contributed by atoms with Crippen molar-refractivity contribution in [2.24, 2.45) is 0 Å². The first-order valence-electron chi connectivity index (χ1n) is 5.83. The van der Waals surface area contributed by atoms with Crippen molar-refractivity contribution in [2.45, 2.75) is 24.3 Å². The van der Waals surface area contributed by atoms with Gasteiger partial charge in [0.05, 0.1) is 23.7 Å². The number of aliphatic hydroxyl groups excluding tert-OH is 1. The second-order valence-electron chi connectivity index (χ2n) is 4.17. The fraction of sp³-hybridized carbons (Fsp3) is 0.417. The van der Waals surface area contributed by atoms with Crippen LogP contribution < -0.4 is 4.72 Å². The third-order valence-electron chi connectivity index (χ3n) is 2.49. The summed E-state index contributed by atoms with van der Waals surface area (Å²) >= 11 is 0. The van der Waals surface area contributed by atoms with Crippen LogP contribution in [0.25, 0.3) is 0 Å². The molecular weight excluding hydrogens is 289 g/mol. The summed E-state index contributed by atoms with van der Waals surface area (Å²) in [4.78, 5) is 11.0. The van der Waals surface area contributed by atoms with Crippen molar-refractivity contribution in [1.82, 2.24) is 4.72 Å². The van der Waals surface area contributed by atoms with Crippen molar-refractivity contribution in [3.05, 3.63) is 29.6 Å². The Morgan fingerprint density at radius 3 is 2.70 bits per heavy atom. The number of aliphatic hydroxyl groups is 1. The van der Waals surface area contributed by atoms with Crippen LogP contribution in [0.3, 0.4) is 0 Å². The van der Waals surface area contributed by atoms with E-state index in [2.05, 4.69) is 9.46 Å². The van der Waals surface area contributed by atoms with Crippen LogP contribution in [-0.2, 0) is 14.8 Å². The van der Waals surface area contributed by atoms with Crippen molar-refractivity contribution >= 4 is 16.0 Å². The molecule has 1 aromatic carbocycles. The molecule has 0 aliphatic carbocycles. The Kier molecular flexibility index (Phi) is 5.61. The van der Waals surface area contributed by atoms with Crippen molar-refractivity contribution in [2.75, 3.05) is 13.7 Å². The smallest absolute Gasteiger partial charge is 0.339 e. The maximum absolute atomic E-state index is 13.2. The van der Waals surface area contributed by atoms with Crippen LogP contribution in [0.2, 0.25) is 0 Å². The van der Waals surface area contributed by atoms with Gasteiger partial charge in [-0.15, -0.1) is 0 Å². The molecule has 1 unspecified atom stereocenters. The number of halogens is 1. The van der Waals surface area contributed by atoms with Crippen LogP contribution in [0.4, 0.5) is 4.39 Å². The standard InChI is InChI=1S/C12H16FNO5S/c1-8(15)5-6-14-20(17,18)11-7-9(13)3-4-10(11)12(16)19-2/h3-4,7-8,14-15H,5-6H2,1-2H3. The summed E-state index contributed by atoms with van der Waals surface area (Å²) in [5.41, 5.74) is -0.251. The highest BCUT2D eigenvalue weighted by Crippen LogP contribution is 2.18. The molecule has 6 nitrogen and oxygen atoms in total. The lowest BCUT2D eigenvalue weighted by molar-refractivity contribution is 0.0596. The van der Waals surface area contributed by atoms with Crippen LogP contribution >= 0.6 is 0 Å². The Labute approximate surface area is 116 Å². The van der Waals surface area contributed by atoms with E-state index in [1.807, 2.05) is 0 Å². The van der Waals surface area contributed by atoms with E-state index >= 15 is 0 Å². The molecule has 0 aliphatic heterocycles. The molecule has 0 saturated carbocycles. The molecule has 0 saturated heterocycles. The topological polar surface area (TPSA) is 92.7 Å². The van der Waals surface area contributed by atoms with Crippen molar-refractivity contribution in [3.8, 4) is 0 Å². The molecule has 8 heteroatoms. The number of sulfonamides is 1. The molecule has 2 N–H and O–H groups in total. The number of ether oxygens (including phenoxy) is 1. The number of nitrogens with one attached hydrogen (secondary N) is 1. The molecule has 0 bridgehead atoms. The lowest BCUT2D eigenvalue weighted by Crippen LogP contribution is -2.28. The van der Waals surface area contributed by atoms with E-state index in [1.165, 1.54) is 6.92 Å². The average Bonchev–Trinajstić information content (AvgIpc) is 2.37. The largest absolute Gasteiger partial charge is 0.465 e. The van der Waals surface area contributed by atoms with Crippen molar-refractivity contribution < 1.29 is 27.4 Å². The van der Waals surface area contributed by atoms with Gasteiger partial charge in [0.1, 0.15) is 5.82 Å². The number of esters is 1. The molecule has 1 atom stereocenters. The molecule has 0 amide bonds. The minimum Gasteiger partial charge on any atom is -0.465 e. The van der Waals surface area contributed by atoms with Crippen LogP contribution in [-0.4, -0.2) is 39.3 Å². The monoisotopic (exact) mass is 305 g/mol. The quantitative estimate of drug-likeness (QED) is 0.753. The zero-order valence-corrected chi connectivity index (χ0v) is 11.9. The van der Waals surface area contributed by atoms with E-state index in [0.717, 1.165) is 25.3 Å². The second kappa shape index (κ2) is 6.78. The highest BCUT2D eigenvalue weighted by molar-refractivity contribution is 7.89. The summed E-state index contributed by atoms with van der Waals surface area (Å²) in [7, 11) is -2.97. The highest BCUT2D eigenvalue weighted by atomic mass is 32.2. The van der Waals surface area contributed by atoms with Gasteiger partial charge in [-0.25, -0.2) is 22.3 Å². The van der Waals surface area contributed by atoms with Crippen LogP contribution in [0.5, 0.6) is 0 Å². The Bertz CT molecular complexity index is 586. The first-order valence-corrected chi connectivity index (χ1v) is 7.32. The lowest BCUT2D eigenvalue weighted by atomic mass is 10.2. The third kappa shape index (κ3) is 4.26. The zero-order chi connectivity index (χ0) is 15.3. The van der Waals surface area contributed by atoms with Gasteiger partial charge in [0.2, 0.25) is 10.0 Å². The summed E-state index contributed by atoms with van der Waals surface area (Å²) in [6, 6.07) is 2.77. The number of carbonyl (C=O) groups excluding carboxylic acids is 1. The van der Waals surface area contributed by atoms with Crippen molar-refractivity contribution in [1.29, 1.82) is 0 Å². The summed E-state index contributed by atoms with van der Waals surface area (Å²) < 4.78 is 43.9. The van der Waals surface area contributed by atoms with Crippen LogP contribution in [0.15, 0.2) is 23.1 Å². The first kappa shape index (κ1) is 16.5. The van der Waals surface area contributed by atoms with Gasteiger partial charge >= 0.3 is 5.97 Å². The average molecular weight is 305 g/mol. The molecule has 112 valence electrons. The minimum atomic E-state index is -4.07. The van der Waals surface area contributed by atoms with E-state index in [1.54, 1.807) is 0 Å². The van der Waals surface area contributed by atoms with E-state index in [0.29, 0.717) is 0 Å². The van der Waals surface area contributed by atoms with Gasteiger partial charge in [-0.1, -0.05) is 0 Å². The summed E-state index contributed by atoms with van der Waals surface area (Å²) in [5.74, 6) is -1.66. The summed E-state index contributed by atoms with van der Waals surface area (Å²) in [5, 5.41) is 9.08. The lowest BCUT2D eigenvalue weighted by Gasteiger charge is -2.11. The SMILES string of the molecule is COC(=O)c1ccc(F)cc1S(=O)(=O)NCCC(C)O. The maximum atomic E-state index is 13.2. The highest BCUT2D eigenvalue weighted by Gasteiger charge is 2.23. The molecule has 1 aromatic rings. The summed E-state index contributed by atoms with van der Waals surface area (Å²) in [6.45, 7) is 1.48. The van der Waals surface area contributed by atoms with Crippen LogP contribution in [0, 0.1) is 5.82 Å². The molecule has 1 rings (SSSR count). The molecule has 0 aromatic heterocycles. The maximum Gasteiger partial charge on any atom is 0.339 e. The molecular formula is C12H16FNO5S. The predicted octanol–water partition coefficient (Wildman–Crippen LogP) is 0.661. The number of rotatable bonds is 6. The van der Waals surface area contributed by atoms with E-state index in [9.17, 15) is 17.6 Å². The fourth-order valence-corrected chi connectivity index (χ4v) is 2.73. The Hall–Kier alpha value is -1.51. The zero-order valence-electron chi connectivity index (χ0n) is 11.1. The van der Waals surface area contributed by atoms with E-state index < -0.39 is 32.8 Å². The third-order valence-corrected chi connectivity index (χ3v) is 3.99. The molecule has 0 fully saturated rings. The Morgan fingerprint density at radius 2 is 2.15 bits per heavy atom. The number of carbonyl (C=O) groups is 1. The fourth-order valence-electron chi connectivity index (χ4n) is 1.48. The van der Waals surface area contributed by atoms with Gasteiger partial charge in [0, 0.05) is 6.54 Å². The summed E-state index contributed by atoms with van der Waals surface area (Å²) in [6.07, 6.45) is -0.479. The molecule has 0 heterocycles. The van der Waals surface area contributed by atoms with Gasteiger partial charge < -0.3 is 9.84 Å². The number of benzene rings is 1. The first-order chi connectivity index (χ1) is 9.27.